The largest absolute Gasteiger partial charge is 0.476 e. The minimum Gasteiger partial charge on any atom is -0.476 e. The van der Waals surface area contributed by atoms with Gasteiger partial charge in [0.05, 0.1) is 33.3 Å². The zero-order valence-electron chi connectivity index (χ0n) is 38.3. The van der Waals surface area contributed by atoms with Crippen LogP contribution in [0.15, 0.2) is 89.5 Å². The first-order valence-electron chi connectivity index (χ1n) is 23.3. The lowest BCUT2D eigenvalue weighted by atomic mass is 9.72. The molecule has 9 rings (SSSR count). The summed E-state index contributed by atoms with van der Waals surface area (Å²) in [6, 6.07) is 21.1. The number of ether oxygens (including phenoxy) is 1. The van der Waals surface area contributed by atoms with Crippen LogP contribution in [-0.2, 0) is 10.0 Å². The third kappa shape index (κ3) is 10.4. The van der Waals surface area contributed by atoms with E-state index in [0.717, 1.165) is 87.0 Å². The fourth-order valence-corrected chi connectivity index (χ4v) is 11.1. The Morgan fingerprint density at radius 1 is 0.970 bits per heavy atom. The van der Waals surface area contributed by atoms with E-state index >= 15 is 0 Å². The molecule has 4 N–H and O–H groups in total. The molecular formula is C50H59ClN8O7S. The van der Waals surface area contributed by atoms with E-state index in [2.05, 4.69) is 50.8 Å². The molecule has 0 radical (unpaired) electrons. The van der Waals surface area contributed by atoms with E-state index in [1.807, 2.05) is 48.2 Å². The average Bonchev–Trinajstić information content (AvgIpc) is 3.66. The molecule has 0 unspecified atom stereocenters. The lowest BCUT2D eigenvalue weighted by molar-refractivity contribution is -0.384. The number of nitro groups is 1. The topological polar surface area (TPSA) is 186 Å². The fourth-order valence-electron chi connectivity index (χ4n) is 10.0. The first kappa shape index (κ1) is 46.4. The van der Waals surface area contributed by atoms with Crippen molar-refractivity contribution in [3.63, 3.8) is 0 Å². The molecule has 2 aliphatic carbocycles. The smallest absolute Gasteiger partial charge is 0.293 e. The standard InChI is InChI=1S/C50H59ClN8O7S/c1-49(2)17-15-36(41(30-49)34-5-7-37(51)8-6-34)32-56-22-24-57(25-23-56)38-9-11-40(43(28-38)58-21-4-26-66-48-45(58)27-35-16-20-52-46(35)54-48)47(60)55-67(64,65)39-10-12-42(44(29-39)59(62)63)53-31-33-13-18-50(3,61)19-14-33/h5-12,16,20,27-29,33,53,61H,4,13-15,17-19,21-26,30-32H2,1-3H3,(H,52,54)(H,55,60)/t33-,50-. The van der Waals surface area contributed by atoms with Crippen LogP contribution in [0.2, 0.25) is 5.02 Å². The first-order valence-corrected chi connectivity index (χ1v) is 25.2. The third-order valence-electron chi connectivity index (χ3n) is 14.1. The quantitative estimate of drug-likeness (QED) is 0.0687. The summed E-state index contributed by atoms with van der Waals surface area (Å²) >= 11 is 6.27. The second kappa shape index (κ2) is 18.8. The van der Waals surface area contributed by atoms with Crippen LogP contribution < -0.4 is 24.6 Å². The Morgan fingerprint density at radius 3 is 2.48 bits per heavy atom. The highest BCUT2D eigenvalue weighted by Crippen LogP contribution is 2.44. The molecule has 2 aromatic heterocycles. The summed E-state index contributed by atoms with van der Waals surface area (Å²) in [5, 5.41) is 27.3. The number of rotatable bonds is 12. The highest BCUT2D eigenvalue weighted by molar-refractivity contribution is 7.90. The zero-order valence-corrected chi connectivity index (χ0v) is 39.9. The maximum Gasteiger partial charge on any atom is 0.293 e. The van der Waals surface area contributed by atoms with Crippen molar-refractivity contribution in [3.05, 3.63) is 111 Å². The van der Waals surface area contributed by atoms with E-state index in [4.69, 9.17) is 21.3 Å². The SMILES string of the molecule is CC1(C)CCC(CN2CCN(c3ccc(C(=O)NS(=O)(=O)c4ccc(NC[C@H]5CC[C@](C)(O)CC5)c([N+](=O)[O-])c4)c(N4CCCOc5nc6[nH]ccc6cc54)c3)CC2)=C(c2ccc(Cl)cc2)C1. The van der Waals surface area contributed by atoms with Crippen LogP contribution in [0.4, 0.5) is 28.4 Å². The molecule has 2 fully saturated rings. The van der Waals surface area contributed by atoms with Gasteiger partial charge < -0.3 is 29.9 Å². The van der Waals surface area contributed by atoms with Gasteiger partial charge in [-0.15, -0.1) is 0 Å². The molecule has 4 aliphatic rings. The summed E-state index contributed by atoms with van der Waals surface area (Å²) < 4.78 is 36.3. The molecule has 0 bridgehead atoms. The molecule has 15 nitrogen and oxygen atoms in total. The van der Waals surface area contributed by atoms with Crippen molar-refractivity contribution in [1.29, 1.82) is 0 Å². The van der Waals surface area contributed by atoms with Gasteiger partial charge in [0.15, 0.2) is 0 Å². The molecule has 4 heterocycles. The zero-order chi connectivity index (χ0) is 47.1. The number of piperazine rings is 1. The highest BCUT2D eigenvalue weighted by atomic mass is 35.5. The van der Waals surface area contributed by atoms with E-state index in [0.29, 0.717) is 61.9 Å². The van der Waals surface area contributed by atoms with Gasteiger partial charge in [-0.05, 0) is 135 Å². The normalized spacial score (nSPS) is 21.4. The summed E-state index contributed by atoms with van der Waals surface area (Å²) in [6.07, 6.45) is 8.39. The number of allylic oxidation sites excluding steroid dienone is 1. The number of nitro benzene ring substituents is 1. The molecule has 67 heavy (non-hydrogen) atoms. The number of benzene rings is 3. The number of aromatic amines is 1. The van der Waals surface area contributed by atoms with Gasteiger partial charge in [0, 0.05) is 74.2 Å². The summed E-state index contributed by atoms with van der Waals surface area (Å²) in [6.45, 7) is 11.8. The molecular weight excluding hydrogens is 892 g/mol. The molecule has 17 heteroatoms. The molecule has 2 aliphatic heterocycles. The second-order valence-electron chi connectivity index (χ2n) is 19.7. The second-order valence-corrected chi connectivity index (χ2v) is 21.8. The Hall–Kier alpha value is -5.68. The lowest BCUT2D eigenvalue weighted by Gasteiger charge is -2.39. The molecule has 1 saturated heterocycles. The van der Waals surface area contributed by atoms with Crippen molar-refractivity contribution in [2.75, 3.05) is 67.5 Å². The summed E-state index contributed by atoms with van der Waals surface area (Å²) in [4.78, 5) is 40.3. The highest BCUT2D eigenvalue weighted by Gasteiger charge is 2.33. The number of nitrogens with one attached hydrogen (secondary N) is 3. The van der Waals surface area contributed by atoms with Crippen LogP contribution in [0, 0.1) is 21.4 Å². The van der Waals surface area contributed by atoms with Gasteiger partial charge in [0.2, 0.25) is 5.88 Å². The van der Waals surface area contributed by atoms with E-state index in [1.54, 1.807) is 12.3 Å². The van der Waals surface area contributed by atoms with Gasteiger partial charge in [-0.25, -0.2) is 13.1 Å². The molecule has 1 saturated carbocycles. The van der Waals surface area contributed by atoms with Gasteiger partial charge >= 0.3 is 0 Å². The Labute approximate surface area is 396 Å². The number of nitrogens with zero attached hydrogens (tertiary/aromatic N) is 5. The number of aliphatic hydroxyl groups is 1. The molecule has 1 amide bonds. The molecule has 354 valence electrons. The van der Waals surface area contributed by atoms with Crippen LogP contribution in [0.5, 0.6) is 5.88 Å². The predicted molar refractivity (Wildman–Crippen MR) is 263 cm³/mol. The van der Waals surface area contributed by atoms with Crippen molar-refractivity contribution < 1.29 is 28.0 Å². The van der Waals surface area contributed by atoms with Crippen LogP contribution in [0.3, 0.4) is 0 Å². The van der Waals surface area contributed by atoms with Crippen molar-refractivity contribution in [2.24, 2.45) is 11.3 Å². The minimum absolute atomic E-state index is 0.106. The van der Waals surface area contributed by atoms with Gasteiger partial charge in [-0.2, -0.15) is 4.98 Å². The van der Waals surface area contributed by atoms with Gasteiger partial charge in [0.25, 0.3) is 21.6 Å². The van der Waals surface area contributed by atoms with Gasteiger partial charge in [-0.1, -0.05) is 43.2 Å². The first-order chi connectivity index (χ1) is 32.0. The van der Waals surface area contributed by atoms with Crippen molar-refractivity contribution in [1.82, 2.24) is 19.6 Å². The van der Waals surface area contributed by atoms with Crippen LogP contribution in [0.1, 0.15) is 88.1 Å². The molecule has 0 spiro atoms. The van der Waals surface area contributed by atoms with E-state index in [1.165, 1.54) is 28.8 Å². The van der Waals surface area contributed by atoms with Crippen molar-refractivity contribution in [3.8, 4) is 5.88 Å². The number of hydrogen-bond donors (Lipinski definition) is 4. The summed E-state index contributed by atoms with van der Waals surface area (Å²) in [5.41, 5.74) is 6.15. The Bertz CT molecular complexity index is 2810. The molecule has 3 aromatic carbocycles. The number of carbonyl (C=O) groups excluding carboxylic acids is 1. The Balaban J connectivity index is 0.975. The number of carbonyl (C=O) groups is 1. The van der Waals surface area contributed by atoms with E-state index in [9.17, 15) is 28.4 Å². The van der Waals surface area contributed by atoms with E-state index < -0.39 is 37.0 Å². The van der Waals surface area contributed by atoms with E-state index in [-0.39, 0.29) is 22.6 Å². The predicted octanol–water partition coefficient (Wildman–Crippen LogP) is 9.30. The lowest BCUT2D eigenvalue weighted by Crippen LogP contribution is -2.47. The summed E-state index contributed by atoms with van der Waals surface area (Å²) in [5.74, 6) is -0.292. The summed E-state index contributed by atoms with van der Waals surface area (Å²) in [7, 11) is -4.59. The maximum absolute atomic E-state index is 14.4. The van der Waals surface area contributed by atoms with Gasteiger partial charge in [0.1, 0.15) is 17.0 Å². The number of hydrogen-bond acceptors (Lipinski definition) is 12. The minimum atomic E-state index is -4.59. The van der Waals surface area contributed by atoms with Crippen LogP contribution in [-0.4, -0.2) is 97.2 Å². The van der Waals surface area contributed by atoms with Crippen molar-refractivity contribution in [2.45, 2.75) is 82.6 Å². The number of sulfonamides is 1. The molecule has 0 atom stereocenters. The van der Waals surface area contributed by atoms with Crippen LogP contribution >= 0.6 is 11.6 Å². The maximum atomic E-state index is 14.4. The number of amides is 1. The number of pyridine rings is 1. The third-order valence-corrected chi connectivity index (χ3v) is 15.6. The monoisotopic (exact) mass is 950 g/mol. The van der Waals surface area contributed by atoms with Crippen LogP contribution in [0.25, 0.3) is 16.6 Å². The van der Waals surface area contributed by atoms with Crippen molar-refractivity contribution >= 4 is 72.6 Å². The number of aromatic nitrogens is 2. The van der Waals surface area contributed by atoms with Gasteiger partial charge in [-0.3, -0.25) is 19.8 Å². The fraction of sp³-hybridized carbons (Fsp3) is 0.440. The Morgan fingerprint density at radius 2 is 1.73 bits per heavy atom. The number of H-pyrrole nitrogens is 1. The molecule has 5 aromatic rings. The number of fused-ring (bicyclic) bond motifs is 2. The Kier molecular flexibility index (Phi) is 13.0. The number of halogens is 1. The average molecular weight is 952 g/mol. The number of anilines is 4.